The first-order valence-corrected chi connectivity index (χ1v) is 11.8. The molecule has 1 heterocycles. The lowest BCUT2D eigenvalue weighted by atomic mass is 9.85. The van der Waals surface area contributed by atoms with Crippen LogP contribution < -0.4 is 9.80 Å². The van der Waals surface area contributed by atoms with Gasteiger partial charge in [0.25, 0.3) is 11.7 Å². The van der Waals surface area contributed by atoms with Crippen LogP contribution in [0.1, 0.15) is 43.5 Å². The zero-order chi connectivity index (χ0) is 25.5. The number of hydrogen-bond acceptors (Lipinski definition) is 4. The first-order valence-electron chi connectivity index (χ1n) is 11.4. The summed E-state index contributed by atoms with van der Waals surface area (Å²) in [6, 6.07) is 21.1. The third-order valence-electron chi connectivity index (χ3n) is 6.28. The van der Waals surface area contributed by atoms with Crippen LogP contribution in [0.25, 0.3) is 5.76 Å². The van der Waals surface area contributed by atoms with E-state index in [1.54, 1.807) is 24.3 Å². The van der Waals surface area contributed by atoms with Gasteiger partial charge in [0.05, 0.1) is 11.6 Å². The average Bonchev–Trinajstić information content (AvgIpc) is 3.08. The number of hydrogen-bond donors (Lipinski definition) is 1. The monoisotopic (exact) mass is 488 g/mol. The summed E-state index contributed by atoms with van der Waals surface area (Å²) in [6.45, 7) is 6.37. The predicted octanol–water partition coefficient (Wildman–Crippen LogP) is 6.33. The minimum atomic E-state index is -0.784. The van der Waals surface area contributed by atoms with Crippen LogP contribution in [-0.4, -0.2) is 30.9 Å². The van der Waals surface area contributed by atoms with Gasteiger partial charge in [0.15, 0.2) is 0 Å². The lowest BCUT2D eigenvalue weighted by molar-refractivity contribution is -0.132. The van der Waals surface area contributed by atoms with Crippen molar-refractivity contribution < 1.29 is 14.7 Å². The van der Waals surface area contributed by atoms with E-state index in [0.29, 0.717) is 16.3 Å². The van der Waals surface area contributed by atoms with Crippen molar-refractivity contribution in [3.63, 3.8) is 0 Å². The zero-order valence-corrected chi connectivity index (χ0v) is 21.3. The molecule has 6 heteroatoms. The van der Waals surface area contributed by atoms with E-state index < -0.39 is 17.7 Å². The van der Waals surface area contributed by atoms with Crippen molar-refractivity contribution in [1.82, 2.24) is 0 Å². The summed E-state index contributed by atoms with van der Waals surface area (Å²) < 4.78 is 0. The Hall–Kier alpha value is -3.57. The predicted molar refractivity (Wildman–Crippen MR) is 142 cm³/mol. The van der Waals surface area contributed by atoms with Crippen LogP contribution in [0.15, 0.2) is 78.4 Å². The quantitative estimate of drug-likeness (QED) is 0.265. The van der Waals surface area contributed by atoms with Crippen molar-refractivity contribution in [2.75, 3.05) is 23.9 Å². The molecule has 0 bridgehead atoms. The molecule has 3 aromatic rings. The Bertz CT molecular complexity index is 1300. The molecule has 3 aromatic carbocycles. The molecule has 1 N–H and O–H groups in total. The Morgan fingerprint density at radius 1 is 0.943 bits per heavy atom. The fraction of sp³-hybridized carbons (Fsp3) is 0.241. The maximum Gasteiger partial charge on any atom is 0.300 e. The molecule has 1 saturated heterocycles. The van der Waals surface area contributed by atoms with Crippen molar-refractivity contribution in [2.24, 2.45) is 0 Å². The Balaban J connectivity index is 1.91. The number of benzene rings is 3. The fourth-order valence-electron chi connectivity index (χ4n) is 4.28. The third-order valence-corrected chi connectivity index (χ3v) is 6.51. The molecule has 1 aliphatic heterocycles. The largest absolute Gasteiger partial charge is 0.507 e. The fourth-order valence-corrected chi connectivity index (χ4v) is 4.47. The second-order valence-electron chi connectivity index (χ2n) is 9.96. The van der Waals surface area contributed by atoms with Gasteiger partial charge in [0.2, 0.25) is 0 Å². The summed E-state index contributed by atoms with van der Waals surface area (Å²) in [5.41, 5.74) is 3.78. The second kappa shape index (κ2) is 9.23. The van der Waals surface area contributed by atoms with E-state index >= 15 is 0 Å². The summed E-state index contributed by atoms with van der Waals surface area (Å²) in [5, 5.41) is 11.7. The number of nitrogens with zero attached hydrogens (tertiary/aromatic N) is 2. The molecule has 0 spiro atoms. The van der Waals surface area contributed by atoms with E-state index in [2.05, 4.69) is 20.8 Å². The standard InChI is InChI=1S/C29H29ClN2O3/c1-29(2,3)20-11-9-18(10-12-20)25-24(26(33)19-7-6-8-21(30)17-19)27(34)28(35)32(25)23-15-13-22(14-16-23)31(4)5/h6-17,25,33H,1-5H3/b26-24-. The number of halogens is 1. The molecule has 1 aliphatic rings. The van der Waals surface area contributed by atoms with Gasteiger partial charge < -0.3 is 10.0 Å². The molecule has 1 unspecified atom stereocenters. The zero-order valence-electron chi connectivity index (χ0n) is 20.5. The van der Waals surface area contributed by atoms with Crippen molar-refractivity contribution in [3.8, 4) is 0 Å². The maximum absolute atomic E-state index is 13.3. The molecule has 0 radical (unpaired) electrons. The minimum Gasteiger partial charge on any atom is -0.507 e. The van der Waals surface area contributed by atoms with E-state index in [4.69, 9.17) is 11.6 Å². The highest BCUT2D eigenvalue weighted by atomic mass is 35.5. The molecule has 1 amide bonds. The van der Waals surface area contributed by atoms with Gasteiger partial charge in [0, 0.05) is 36.1 Å². The molecule has 5 nitrogen and oxygen atoms in total. The van der Waals surface area contributed by atoms with Gasteiger partial charge in [-0.3, -0.25) is 14.5 Å². The molecule has 0 aliphatic carbocycles. The first-order chi connectivity index (χ1) is 16.5. The number of carbonyl (C=O) groups excluding carboxylic acids is 2. The molecular formula is C29H29ClN2O3. The van der Waals surface area contributed by atoms with Crippen LogP contribution in [-0.2, 0) is 15.0 Å². The smallest absolute Gasteiger partial charge is 0.300 e. The lowest BCUT2D eigenvalue weighted by Gasteiger charge is -2.27. The molecule has 1 fully saturated rings. The number of anilines is 2. The average molecular weight is 489 g/mol. The van der Waals surface area contributed by atoms with Crippen molar-refractivity contribution in [2.45, 2.75) is 32.2 Å². The van der Waals surface area contributed by atoms with E-state index in [1.807, 2.05) is 67.5 Å². The molecule has 35 heavy (non-hydrogen) atoms. The highest BCUT2D eigenvalue weighted by Crippen LogP contribution is 2.43. The van der Waals surface area contributed by atoms with Gasteiger partial charge in [-0.05, 0) is 52.9 Å². The summed E-state index contributed by atoms with van der Waals surface area (Å²) >= 11 is 6.14. The summed E-state index contributed by atoms with van der Waals surface area (Å²) in [6.07, 6.45) is 0. The Kier molecular flexibility index (Phi) is 6.48. The summed E-state index contributed by atoms with van der Waals surface area (Å²) in [7, 11) is 3.87. The van der Waals surface area contributed by atoms with Crippen molar-refractivity contribution >= 4 is 40.4 Å². The molecule has 4 rings (SSSR count). The van der Waals surface area contributed by atoms with E-state index in [0.717, 1.165) is 16.8 Å². The topological polar surface area (TPSA) is 60.9 Å². The molecule has 180 valence electrons. The van der Waals surface area contributed by atoms with E-state index in [1.165, 1.54) is 4.90 Å². The van der Waals surface area contributed by atoms with Gasteiger partial charge in [-0.1, -0.05) is 68.8 Å². The lowest BCUT2D eigenvalue weighted by Crippen LogP contribution is -2.29. The highest BCUT2D eigenvalue weighted by molar-refractivity contribution is 6.51. The number of aliphatic hydroxyl groups excluding tert-OH is 1. The van der Waals surface area contributed by atoms with Crippen molar-refractivity contribution in [3.05, 3.63) is 100 Å². The number of aliphatic hydroxyl groups is 1. The van der Waals surface area contributed by atoms with Crippen LogP contribution in [0.5, 0.6) is 0 Å². The molecule has 0 saturated carbocycles. The van der Waals surface area contributed by atoms with Crippen LogP contribution in [0, 0.1) is 0 Å². The third kappa shape index (κ3) is 4.69. The molecule has 1 atom stereocenters. The van der Waals surface area contributed by atoms with Crippen LogP contribution >= 0.6 is 11.6 Å². The minimum absolute atomic E-state index is 0.0393. The Morgan fingerprint density at radius 3 is 2.11 bits per heavy atom. The van der Waals surface area contributed by atoms with E-state index in [9.17, 15) is 14.7 Å². The van der Waals surface area contributed by atoms with Gasteiger partial charge >= 0.3 is 0 Å². The Labute approximate surface area is 211 Å². The van der Waals surface area contributed by atoms with Crippen LogP contribution in [0.2, 0.25) is 5.02 Å². The van der Waals surface area contributed by atoms with Crippen molar-refractivity contribution in [1.29, 1.82) is 0 Å². The number of amides is 1. The van der Waals surface area contributed by atoms with E-state index in [-0.39, 0.29) is 16.7 Å². The Morgan fingerprint density at radius 2 is 1.57 bits per heavy atom. The molecule has 0 aromatic heterocycles. The maximum atomic E-state index is 13.3. The second-order valence-corrected chi connectivity index (χ2v) is 10.4. The number of ketones is 1. The first kappa shape index (κ1) is 24.6. The normalized spacial score (nSPS) is 17.7. The highest BCUT2D eigenvalue weighted by Gasteiger charge is 2.47. The number of carbonyl (C=O) groups is 2. The van der Waals surface area contributed by atoms with Gasteiger partial charge in [-0.25, -0.2) is 0 Å². The van der Waals surface area contributed by atoms with Gasteiger partial charge in [0.1, 0.15) is 5.76 Å². The van der Waals surface area contributed by atoms with Crippen LogP contribution in [0.4, 0.5) is 11.4 Å². The van der Waals surface area contributed by atoms with Crippen LogP contribution in [0.3, 0.4) is 0 Å². The number of Topliss-reactive ketones (excluding diaryl/α,β-unsaturated/α-hetero) is 1. The number of rotatable bonds is 4. The van der Waals surface area contributed by atoms with Gasteiger partial charge in [-0.15, -0.1) is 0 Å². The SMILES string of the molecule is CN(C)c1ccc(N2C(=O)C(=O)/C(=C(\O)c3cccc(Cl)c3)C2c2ccc(C(C)(C)C)cc2)cc1. The summed E-state index contributed by atoms with van der Waals surface area (Å²) in [5.74, 6) is -1.66. The van der Waals surface area contributed by atoms with Gasteiger partial charge in [-0.2, -0.15) is 0 Å². The molecular weight excluding hydrogens is 460 g/mol. The summed E-state index contributed by atoms with van der Waals surface area (Å²) in [4.78, 5) is 30.1.